The third kappa shape index (κ3) is 4.73. The largest absolute Gasteiger partial charge is 0.375 e. The van der Waals surface area contributed by atoms with Crippen molar-refractivity contribution in [3.63, 3.8) is 0 Å². The van der Waals surface area contributed by atoms with E-state index in [0.717, 1.165) is 36.6 Å². The molecule has 0 aromatic carbocycles. The number of aromatic nitrogens is 1. The van der Waals surface area contributed by atoms with Crippen LogP contribution >= 0.6 is 11.3 Å². The molecular weight excluding hydrogens is 208 g/mol. The van der Waals surface area contributed by atoms with Crippen LogP contribution in [0.4, 0.5) is 0 Å². The summed E-state index contributed by atoms with van der Waals surface area (Å²) in [6, 6.07) is 0.247. The van der Waals surface area contributed by atoms with Gasteiger partial charge in [0, 0.05) is 24.4 Å². The van der Waals surface area contributed by atoms with Crippen molar-refractivity contribution in [1.82, 2.24) is 4.98 Å². The van der Waals surface area contributed by atoms with Crippen LogP contribution in [0, 0.1) is 0 Å². The van der Waals surface area contributed by atoms with Gasteiger partial charge in [0.1, 0.15) is 5.01 Å². The molecule has 1 atom stereocenters. The lowest BCUT2D eigenvalue weighted by molar-refractivity contribution is 0.133. The second-order valence-corrected chi connectivity index (χ2v) is 4.57. The van der Waals surface area contributed by atoms with Crippen molar-refractivity contribution in [2.75, 3.05) is 6.61 Å². The van der Waals surface area contributed by atoms with Crippen molar-refractivity contribution < 1.29 is 4.74 Å². The lowest BCUT2D eigenvalue weighted by atomic mass is 10.1. The number of nitrogens with two attached hydrogens (primary N) is 1. The molecule has 0 saturated heterocycles. The minimum atomic E-state index is 0.247. The summed E-state index contributed by atoms with van der Waals surface area (Å²) in [6.45, 7) is 5.52. The molecule has 0 spiro atoms. The van der Waals surface area contributed by atoms with Gasteiger partial charge in [-0.1, -0.05) is 13.3 Å². The molecule has 0 aliphatic rings. The van der Waals surface area contributed by atoms with E-state index in [0.29, 0.717) is 6.61 Å². The average molecular weight is 228 g/mol. The topological polar surface area (TPSA) is 48.1 Å². The van der Waals surface area contributed by atoms with E-state index in [1.165, 1.54) is 0 Å². The number of ether oxygens (including phenoxy) is 1. The summed E-state index contributed by atoms with van der Waals surface area (Å²) in [7, 11) is 0. The molecule has 0 radical (unpaired) electrons. The molecule has 86 valence electrons. The Labute approximate surface area is 95.7 Å². The van der Waals surface area contributed by atoms with Crippen LogP contribution in [0.1, 0.15) is 37.4 Å². The van der Waals surface area contributed by atoms with Crippen LogP contribution in [0.2, 0.25) is 0 Å². The van der Waals surface area contributed by atoms with Crippen LogP contribution in [0.3, 0.4) is 0 Å². The minimum Gasteiger partial charge on any atom is -0.375 e. The molecule has 0 bridgehead atoms. The van der Waals surface area contributed by atoms with Crippen LogP contribution in [-0.4, -0.2) is 17.6 Å². The summed E-state index contributed by atoms with van der Waals surface area (Å²) >= 11 is 1.66. The first kappa shape index (κ1) is 12.6. The SMILES string of the molecule is CCCC(N)Cc1csc(COCC)n1. The third-order valence-corrected chi connectivity index (χ3v) is 3.03. The number of nitrogens with zero attached hydrogens (tertiary/aromatic N) is 1. The van der Waals surface area contributed by atoms with E-state index in [1.54, 1.807) is 11.3 Å². The Morgan fingerprint density at radius 1 is 1.53 bits per heavy atom. The standard InChI is InChI=1S/C11H20N2OS/c1-3-5-9(12)6-10-8-15-11(13-10)7-14-4-2/h8-9H,3-7,12H2,1-2H3. The molecular formula is C11H20N2OS. The zero-order valence-corrected chi connectivity index (χ0v) is 10.3. The molecule has 0 aliphatic heterocycles. The van der Waals surface area contributed by atoms with Crippen LogP contribution in [0.5, 0.6) is 0 Å². The molecule has 1 unspecified atom stereocenters. The predicted octanol–water partition coefficient (Wildman–Crippen LogP) is 2.35. The smallest absolute Gasteiger partial charge is 0.119 e. The molecule has 4 heteroatoms. The summed E-state index contributed by atoms with van der Waals surface area (Å²) in [4.78, 5) is 4.48. The van der Waals surface area contributed by atoms with Crippen molar-refractivity contribution in [1.29, 1.82) is 0 Å². The molecule has 1 heterocycles. The van der Waals surface area contributed by atoms with E-state index in [1.807, 2.05) is 6.92 Å². The van der Waals surface area contributed by atoms with Gasteiger partial charge in [-0.3, -0.25) is 0 Å². The fraction of sp³-hybridized carbons (Fsp3) is 0.727. The van der Waals surface area contributed by atoms with E-state index in [4.69, 9.17) is 10.5 Å². The zero-order valence-electron chi connectivity index (χ0n) is 9.53. The lowest BCUT2D eigenvalue weighted by Gasteiger charge is -2.06. The van der Waals surface area contributed by atoms with Gasteiger partial charge >= 0.3 is 0 Å². The van der Waals surface area contributed by atoms with Crippen molar-refractivity contribution in [3.8, 4) is 0 Å². The highest BCUT2D eigenvalue weighted by Gasteiger charge is 2.06. The van der Waals surface area contributed by atoms with Gasteiger partial charge < -0.3 is 10.5 Å². The van der Waals surface area contributed by atoms with Crippen molar-refractivity contribution in [3.05, 3.63) is 16.1 Å². The number of hydrogen-bond donors (Lipinski definition) is 1. The van der Waals surface area contributed by atoms with Crippen LogP contribution in [-0.2, 0) is 17.8 Å². The lowest BCUT2D eigenvalue weighted by Crippen LogP contribution is -2.22. The maximum absolute atomic E-state index is 5.96. The van der Waals surface area contributed by atoms with Gasteiger partial charge in [-0.25, -0.2) is 4.98 Å². The van der Waals surface area contributed by atoms with E-state index in [9.17, 15) is 0 Å². The second kappa shape index (κ2) is 6.93. The van der Waals surface area contributed by atoms with Crippen molar-refractivity contribution in [2.24, 2.45) is 5.73 Å². The van der Waals surface area contributed by atoms with Gasteiger partial charge in [0.15, 0.2) is 0 Å². The minimum absolute atomic E-state index is 0.247. The Balaban J connectivity index is 2.38. The quantitative estimate of drug-likeness (QED) is 0.779. The highest BCUT2D eigenvalue weighted by atomic mass is 32.1. The normalized spacial score (nSPS) is 13.0. The van der Waals surface area contributed by atoms with Crippen molar-refractivity contribution in [2.45, 2.75) is 45.8 Å². The molecule has 15 heavy (non-hydrogen) atoms. The first-order chi connectivity index (χ1) is 7.26. The number of rotatable bonds is 7. The van der Waals surface area contributed by atoms with E-state index in [-0.39, 0.29) is 6.04 Å². The second-order valence-electron chi connectivity index (χ2n) is 3.62. The molecule has 1 rings (SSSR count). The maximum atomic E-state index is 5.96. The summed E-state index contributed by atoms with van der Waals surface area (Å²) in [6.07, 6.45) is 3.09. The van der Waals surface area contributed by atoms with Gasteiger partial charge in [-0.05, 0) is 13.3 Å². The highest BCUT2D eigenvalue weighted by Crippen LogP contribution is 2.13. The Kier molecular flexibility index (Phi) is 5.83. The molecule has 3 nitrogen and oxygen atoms in total. The van der Waals surface area contributed by atoms with E-state index >= 15 is 0 Å². The van der Waals surface area contributed by atoms with Gasteiger partial charge in [0.2, 0.25) is 0 Å². The predicted molar refractivity (Wildman–Crippen MR) is 64.0 cm³/mol. The van der Waals surface area contributed by atoms with Crippen LogP contribution in [0.25, 0.3) is 0 Å². The summed E-state index contributed by atoms with van der Waals surface area (Å²) in [5.74, 6) is 0. The Morgan fingerprint density at radius 3 is 3.00 bits per heavy atom. The maximum Gasteiger partial charge on any atom is 0.119 e. The molecule has 1 aromatic heterocycles. The molecule has 0 aliphatic carbocycles. The van der Waals surface area contributed by atoms with Gasteiger partial charge in [0.25, 0.3) is 0 Å². The fourth-order valence-corrected chi connectivity index (χ4v) is 2.18. The number of hydrogen-bond acceptors (Lipinski definition) is 4. The Morgan fingerprint density at radius 2 is 2.33 bits per heavy atom. The summed E-state index contributed by atoms with van der Waals surface area (Å²) < 4.78 is 5.30. The van der Waals surface area contributed by atoms with Crippen LogP contribution in [0.15, 0.2) is 5.38 Å². The van der Waals surface area contributed by atoms with Gasteiger partial charge in [0.05, 0.1) is 12.3 Å². The summed E-state index contributed by atoms with van der Waals surface area (Å²) in [5.41, 5.74) is 7.07. The van der Waals surface area contributed by atoms with E-state index < -0.39 is 0 Å². The molecule has 0 amide bonds. The number of thiazole rings is 1. The third-order valence-electron chi connectivity index (χ3n) is 2.16. The van der Waals surface area contributed by atoms with Gasteiger partial charge in [-0.15, -0.1) is 11.3 Å². The zero-order chi connectivity index (χ0) is 11.1. The molecule has 0 saturated carbocycles. The summed E-state index contributed by atoms with van der Waals surface area (Å²) in [5, 5.41) is 3.14. The molecule has 2 N–H and O–H groups in total. The van der Waals surface area contributed by atoms with E-state index in [2.05, 4.69) is 17.3 Å². The van der Waals surface area contributed by atoms with Crippen LogP contribution < -0.4 is 5.73 Å². The molecule has 1 aromatic rings. The fourth-order valence-electron chi connectivity index (χ4n) is 1.44. The molecule has 0 fully saturated rings. The average Bonchev–Trinajstić information content (AvgIpc) is 2.63. The monoisotopic (exact) mass is 228 g/mol. The van der Waals surface area contributed by atoms with Crippen molar-refractivity contribution >= 4 is 11.3 Å². The highest BCUT2D eigenvalue weighted by molar-refractivity contribution is 7.09. The Hall–Kier alpha value is -0.450. The first-order valence-corrected chi connectivity index (χ1v) is 6.40. The van der Waals surface area contributed by atoms with Gasteiger partial charge in [-0.2, -0.15) is 0 Å². The first-order valence-electron chi connectivity index (χ1n) is 5.52. The Bertz CT molecular complexity index is 275.